The Kier molecular flexibility index (Phi) is 3.78. The van der Waals surface area contributed by atoms with Crippen molar-refractivity contribution in [2.75, 3.05) is 6.54 Å². The first kappa shape index (κ1) is 14.5. The molecule has 1 aliphatic heterocycles. The van der Waals surface area contributed by atoms with Crippen LogP contribution in [0.25, 0.3) is 0 Å². The summed E-state index contributed by atoms with van der Waals surface area (Å²) in [4.78, 5) is 48.9. The lowest BCUT2D eigenvalue weighted by atomic mass is 9.66. The van der Waals surface area contributed by atoms with E-state index < -0.39 is 29.3 Å². The van der Waals surface area contributed by atoms with Crippen LogP contribution in [0.4, 0.5) is 4.79 Å². The number of urea groups is 1. The number of nitrogens with one attached hydrogen (secondary N) is 2. The molecule has 1 saturated carbocycles. The third-order valence-corrected chi connectivity index (χ3v) is 4.03. The quantitative estimate of drug-likeness (QED) is 0.717. The predicted molar refractivity (Wildman–Crippen MR) is 69.4 cm³/mol. The van der Waals surface area contributed by atoms with Gasteiger partial charge in [-0.15, -0.1) is 0 Å². The van der Waals surface area contributed by atoms with Gasteiger partial charge >= 0.3 is 6.03 Å². The van der Waals surface area contributed by atoms with Crippen molar-refractivity contribution in [1.82, 2.24) is 15.5 Å². The Bertz CT molecular complexity index is 470. The summed E-state index contributed by atoms with van der Waals surface area (Å²) in [6, 6.07) is -1.73. The van der Waals surface area contributed by atoms with Gasteiger partial charge in [-0.3, -0.25) is 24.6 Å². The van der Waals surface area contributed by atoms with Gasteiger partial charge < -0.3 is 5.32 Å². The second-order valence-electron chi connectivity index (χ2n) is 5.34. The molecule has 1 atom stereocenters. The molecule has 1 aliphatic carbocycles. The SMILES string of the molecule is CCCNC(=O)C(C)N1C(=O)NC(=O)C2(CCC2)C1=O. The van der Waals surface area contributed by atoms with Crippen LogP contribution < -0.4 is 10.6 Å². The first-order valence-electron chi connectivity index (χ1n) is 6.91. The molecule has 1 saturated heterocycles. The molecule has 2 aliphatic rings. The average Bonchev–Trinajstić information content (AvgIpc) is 2.33. The van der Waals surface area contributed by atoms with Crippen LogP contribution >= 0.6 is 0 Å². The average molecular weight is 281 g/mol. The highest BCUT2D eigenvalue weighted by atomic mass is 16.2. The standard InChI is InChI=1S/C13H19N3O4/c1-3-7-14-9(17)8(2)16-11(19)13(5-4-6-13)10(18)15-12(16)20/h8H,3-7H2,1-2H3,(H,14,17)(H,15,18,20). The summed E-state index contributed by atoms with van der Waals surface area (Å²) >= 11 is 0. The summed E-state index contributed by atoms with van der Waals surface area (Å²) in [5.74, 6) is -1.47. The molecule has 110 valence electrons. The fourth-order valence-electron chi connectivity index (χ4n) is 2.53. The van der Waals surface area contributed by atoms with Gasteiger partial charge in [0.25, 0.3) is 0 Å². The molecule has 0 radical (unpaired) electrons. The minimum absolute atomic E-state index is 0.390. The summed E-state index contributed by atoms with van der Waals surface area (Å²) in [6.07, 6.45) is 2.41. The van der Waals surface area contributed by atoms with Crippen molar-refractivity contribution in [3.05, 3.63) is 0 Å². The maximum Gasteiger partial charge on any atom is 0.331 e. The van der Waals surface area contributed by atoms with Crippen molar-refractivity contribution in [3.63, 3.8) is 0 Å². The maximum atomic E-state index is 12.4. The van der Waals surface area contributed by atoms with Crippen LogP contribution in [0.5, 0.6) is 0 Å². The summed E-state index contributed by atoms with van der Waals surface area (Å²) < 4.78 is 0. The monoisotopic (exact) mass is 281 g/mol. The molecule has 2 fully saturated rings. The van der Waals surface area contributed by atoms with Crippen molar-refractivity contribution in [2.24, 2.45) is 5.41 Å². The van der Waals surface area contributed by atoms with E-state index in [0.717, 1.165) is 17.7 Å². The molecule has 7 nitrogen and oxygen atoms in total. The smallest absolute Gasteiger partial charge is 0.331 e. The van der Waals surface area contributed by atoms with E-state index in [2.05, 4.69) is 10.6 Å². The zero-order valence-electron chi connectivity index (χ0n) is 11.7. The minimum Gasteiger partial charge on any atom is -0.354 e. The van der Waals surface area contributed by atoms with Crippen molar-refractivity contribution in [3.8, 4) is 0 Å². The summed E-state index contributed by atoms with van der Waals surface area (Å²) in [7, 11) is 0. The van der Waals surface area contributed by atoms with Crippen molar-refractivity contribution < 1.29 is 19.2 Å². The summed E-state index contributed by atoms with van der Waals surface area (Å²) in [6.45, 7) is 3.88. The van der Waals surface area contributed by atoms with Gasteiger partial charge in [-0.25, -0.2) is 4.79 Å². The number of barbiturate groups is 1. The topological polar surface area (TPSA) is 95.6 Å². The second kappa shape index (κ2) is 5.22. The van der Waals surface area contributed by atoms with E-state index in [1.54, 1.807) is 0 Å². The molecule has 20 heavy (non-hydrogen) atoms. The number of hydrogen-bond donors (Lipinski definition) is 2. The van der Waals surface area contributed by atoms with Crippen molar-refractivity contribution >= 4 is 23.8 Å². The molecule has 0 aromatic heterocycles. The van der Waals surface area contributed by atoms with Crippen LogP contribution in [-0.4, -0.2) is 41.2 Å². The van der Waals surface area contributed by atoms with Gasteiger partial charge in [-0.1, -0.05) is 13.3 Å². The molecule has 0 bridgehead atoms. The van der Waals surface area contributed by atoms with Crippen molar-refractivity contribution in [1.29, 1.82) is 0 Å². The number of carbonyl (C=O) groups is 4. The number of carbonyl (C=O) groups excluding carboxylic acids is 4. The molecular formula is C13H19N3O4. The van der Waals surface area contributed by atoms with Gasteiger partial charge in [-0.2, -0.15) is 0 Å². The van der Waals surface area contributed by atoms with E-state index in [4.69, 9.17) is 0 Å². The van der Waals surface area contributed by atoms with Gasteiger partial charge in [0.15, 0.2) is 0 Å². The van der Waals surface area contributed by atoms with E-state index in [1.807, 2.05) is 6.92 Å². The van der Waals surface area contributed by atoms with Gasteiger partial charge in [-0.05, 0) is 26.2 Å². The Morgan fingerprint density at radius 1 is 1.40 bits per heavy atom. The first-order valence-corrected chi connectivity index (χ1v) is 6.91. The zero-order chi connectivity index (χ0) is 14.9. The molecule has 2 N–H and O–H groups in total. The lowest BCUT2D eigenvalue weighted by molar-refractivity contribution is -0.160. The number of amides is 5. The molecule has 1 heterocycles. The first-order chi connectivity index (χ1) is 9.44. The third kappa shape index (κ3) is 2.07. The van der Waals surface area contributed by atoms with E-state index in [0.29, 0.717) is 19.4 Å². The van der Waals surface area contributed by atoms with Crippen LogP contribution in [0, 0.1) is 5.41 Å². The van der Waals surface area contributed by atoms with Gasteiger partial charge in [0.2, 0.25) is 17.7 Å². The fourth-order valence-corrected chi connectivity index (χ4v) is 2.53. The van der Waals surface area contributed by atoms with E-state index in [-0.39, 0.29) is 5.91 Å². The molecular weight excluding hydrogens is 262 g/mol. The fraction of sp³-hybridized carbons (Fsp3) is 0.692. The van der Waals surface area contributed by atoms with Crippen LogP contribution in [0.1, 0.15) is 39.5 Å². The second-order valence-corrected chi connectivity index (χ2v) is 5.34. The number of nitrogens with zero attached hydrogens (tertiary/aromatic N) is 1. The minimum atomic E-state index is -1.13. The summed E-state index contributed by atoms with van der Waals surface area (Å²) in [5.41, 5.74) is -1.13. The highest BCUT2D eigenvalue weighted by molar-refractivity contribution is 6.20. The highest BCUT2D eigenvalue weighted by Gasteiger charge is 2.58. The highest BCUT2D eigenvalue weighted by Crippen LogP contribution is 2.44. The Hall–Kier alpha value is -1.92. The molecule has 2 rings (SSSR count). The lowest BCUT2D eigenvalue weighted by Crippen LogP contribution is -2.69. The molecule has 0 aromatic carbocycles. The van der Waals surface area contributed by atoms with Crippen LogP contribution in [0.15, 0.2) is 0 Å². The van der Waals surface area contributed by atoms with Crippen LogP contribution in [0.2, 0.25) is 0 Å². The normalized spacial score (nSPS) is 22.3. The predicted octanol–water partition coefficient (Wildman–Crippen LogP) is 0.150. The molecule has 1 spiro atoms. The number of rotatable bonds is 4. The Morgan fingerprint density at radius 3 is 2.55 bits per heavy atom. The molecule has 7 heteroatoms. The maximum absolute atomic E-state index is 12.4. The molecule has 0 aromatic rings. The van der Waals surface area contributed by atoms with Crippen molar-refractivity contribution in [2.45, 2.75) is 45.6 Å². The zero-order valence-corrected chi connectivity index (χ0v) is 11.7. The van der Waals surface area contributed by atoms with E-state index >= 15 is 0 Å². The van der Waals surface area contributed by atoms with Gasteiger partial charge in [0.1, 0.15) is 11.5 Å². The van der Waals surface area contributed by atoms with Gasteiger partial charge in [0, 0.05) is 6.54 Å². The largest absolute Gasteiger partial charge is 0.354 e. The van der Waals surface area contributed by atoms with Crippen LogP contribution in [-0.2, 0) is 14.4 Å². The molecule has 1 unspecified atom stereocenters. The van der Waals surface area contributed by atoms with E-state index in [9.17, 15) is 19.2 Å². The Morgan fingerprint density at radius 2 is 2.05 bits per heavy atom. The summed E-state index contributed by atoms with van der Waals surface area (Å²) in [5, 5.41) is 4.84. The molecule has 5 amide bonds. The van der Waals surface area contributed by atoms with E-state index in [1.165, 1.54) is 6.92 Å². The number of imide groups is 2. The Balaban J connectivity index is 2.17. The lowest BCUT2D eigenvalue weighted by Gasteiger charge is -2.45. The Labute approximate surface area is 117 Å². The number of hydrogen-bond acceptors (Lipinski definition) is 4. The van der Waals surface area contributed by atoms with Crippen LogP contribution in [0.3, 0.4) is 0 Å². The third-order valence-electron chi connectivity index (χ3n) is 4.03. The van der Waals surface area contributed by atoms with Gasteiger partial charge in [0.05, 0.1) is 0 Å².